The lowest BCUT2D eigenvalue weighted by atomic mass is 10.1. The Kier molecular flexibility index (Phi) is 6.16. The van der Waals surface area contributed by atoms with Crippen molar-refractivity contribution in [3.63, 3.8) is 0 Å². The molecule has 1 rings (SSSR count). The predicted octanol–water partition coefficient (Wildman–Crippen LogP) is 2.75. The molecule has 102 valence electrons. The molecule has 0 spiro atoms. The summed E-state index contributed by atoms with van der Waals surface area (Å²) in [5.74, 6) is 1.20. The van der Waals surface area contributed by atoms with Gasteiger partial charge < -0.3 is 15.2 Å². The quantitative estimate of drug-likeness (QED) is 0.783. The molecular formula is C15H25NO2. The van der Waals surface area contributed by atoms with Crippen LogP contribution in [0.4, 0.5) is 0 Å². The summed E-state index contributed by atoms with van der Waals surface area (Å²) >= 11 is 0. The lowest BCUT2D eigenvalue weighted by Crippen LogP contribution is -2.26. The summed E-state index contributed by atoms with van der Waals surface area (Å²) in [5, 5.41) is 12.4. The van der Waals surface area contributed by atoms with E-state index in [2.05, 4.69) is 24.4 Å². The summed E-state index contributed by atoms with van der Waals surface area (Å²) in [5.41, 5.74) is 1.23. The summed E-state index contributed by atoms with van der Waals surface area (Å²) in [6.07, 6.45) is 0.205. The van der Waals surface area contributed by atoms with E-state index >= 15 is 0 Å². The average molecular weight is 251 g/mol. The maximum absolute atomic E-state index is 8.98. The number of hydrogen-bond donors (Lipinski definition) is 2. The minimum absolute atomic E-state index is 0.205. The van der Waals surface area contributed by atoms with Crippen LogP contribution in [-0.4, -0.2) is 24.4 Å². The van der Waals surface area contributed by atoms with Gasteiger partial charge in [0.15, 0.2) is 0 Å². The molecule has 0 aromatic heterocycles. The molecule has 0 saturated carbocycles. The van der Waals surface area contributed by atoms with Crippen molar-refractivity contribution in [3.8, 4) is 5.75 Å². The largest absolute Gasteiger partial charge is 0.491 e. The third kappa shape index (κ3) is 5.07. The first-order valence-corrected chi connectivity index (χ1v) is 6.63. The van der Waals surface area contributed by atoms with Gasteiger partial charge in [-0.1, -0.05) is 19.1 Å². The summed E-state index contributed by atoms with van der Waals surface area (Å²) in [7, 11) is 0. The molecule has 1 aromatic carbocycles. The number of nitrogens with one attached hydrogen (secondary N) is 1. The maximum Gasteiger partial charge on any atom is 0.119 e. The molecule has 3 nitrogen and oxygen atoms in total. The van der Waals surface area contributed by atoms with Crippen molar-refractivity contribution in [2.24, 2.45) is 5.92 Å². The van der Waals surface area contributed by atoms with Crippen LogP contribution in [0.5, 0.6) is 5.75 Å². The topological polar surface area (TPSA) is 41.5 Å². The van der Waals surface area contributed by atoms with E-state index < -0.39 is 0 Å². The number of hydrogen-bond acceptors (Lipinski definition) is 3. The third-order valence-corrected chi connectivity index (χ3v) is 2.84. The second kappa shape index (κ2) is 7.39. The molecule has 0 heterocycles. The number of aliphatic hydroxyl groups is 1. The van der Waals surface area contributed by atoms with Gasteiger partial charge in [0.25, 0.3) is 0 Å². The zero-order valence-corrected chi connectivity index (χ0v) is 11.8. The molecule has 0 aliphatic heterocycles. The minimum Gasteiger partial charge on any atom is -0.491 e. The van der Waals surface area contributed by atoms with E-state index in [4.69, 9.17) is 9.84 Å². The Hall–Kier alpha value is -1.06. The number of ether oxygens (including phenoxy) is 1. The molecule has 18 heavy (non-hydrogen) atoms. The summed E-state index contributed by atoms with van der Waals surface area (Å²) < 4.78 is 5.61. The SMILES string of the molecule is CC(CO)CNC(C)c1ccc(OC(C)C)cc1. The van der Waals surface area contributed by atoms with Crippen LogP contribution in [0.1, 0.15) is 39.3 Å². The van der Waals surface area contributed by atoms with Crippen molar-refractivity contribution < 1.29 is 9.84 Å². The molecule has 0 aliphatic carbocycles. The van der Waals surface area contributed by atoms with Crippen LogP contribution >= 0.6 is 0 Å². The molecule has 2 unspecified atom stereocenters. The summed E-state index contributed by atoms with van der Waals surface area (Å²) in [4.78, 5) is 0. The van der Waals surface area contributed by atoms with Crippen molar-refractivity contribution in [2.45, 2.75) is 39.8 Å². The lowest BCUT2D eigenvalue weighted by molar-refractivity contribution is 0.231. The highest BCUT2D eigenvalue weighted by Gasteiger charge is 2.07. The van der Waals surface area contributed by atoms with E-state index in [1.54, 1.807) is 0 Å². The van der Waals surface area contributed by atoms with Gasteiger partial charge in [0, 0.05) is 19.2 Å². The standard InChI is InChI=1S/C15H25NO2/c1-11(2)18-15-7-5-14(6-8-15)13(4)16-9-12(3)10-17/h5-8,11-13,16-17H,9-10H2,1-4H3. The number of rotatable bonds is 7. The van der Waals surface area contributed by atoms with Gasteiger partial charge in [-0.05, 0) is 44.4 Å². The monoisotopic (exact) mass is 251 g/mol. The predicted molar refractivity (Wildman–Crippen MR) is 74.9 cm³/mol. The first-order valence-electron chi connectivity index (χ1n) is 6.63. The van der Waals surface area contributed by atoms with Crippen molar-refractivity contribution in [3.05, 3.63) is 29.8 Å². The van der Waals surface area contributed by atoms with Crippen molar-refractivity contribution in [1.82, 2.24) is 5.32 Å². The fraction of sp³-hybridized carbons (Fsp3) is 0.600. The van der Waals surface area contributed by atoms with Gasteiger partial charge in [0.2, 0.25) is 0 Å². The van der Waals surface area contributed by atoms with Gasteiger partial charge in [0.1, 0.15) is 5.75 Å². The highest BCUT2D eigenvalue weighted by molar-refractivity contribution is 5.29. The molecule has 0 amide bonds. The molecule has 0 bridgehead atoms. The van der Waals surface area contributed by atoms with Gasteiger partial charge in [-0.2, -0.15) is 0 Å². The fourth-order valence-electron chi connectivity index (χ4n) is 1.67. The van der Waals surface area contributed by atoms with E-state index in [0.29, 0.717) is 0 Å². The average Bonchev–Trinajstić information content (AvgIpc) is 2.35. The van der Waals surface area contributed by atoms with Gasteiger partial charge in [-0.15, -0.1) is 0 Å². The zero-order valence-electron chi connectivity index (χ0n) is 11.8. The van der Waals surface area contributed by atoms with E-state index in [9.17, 15) is 0 Å². The molecule has 0 aliphatic rings. The Bertz CT molecular complexity index is 335. The molecule has 1 aromatic rings. The van der Waals surface area contributed by atoms with Gasteiger partial charge >= 0.3 is 0 Å². The van der Waals surface area contributed by atoms with E-state index in [0.717, 1.165) is 12.3 Å². The summed E-state index contributed by atoms with van der Waals surface area (Å²) in [6.45, 7) is 9.24. The Morgan fingerprint density at radius 1 is 1.11 bits per heavy atom. The van der Waals surface area contributed by atoms with Gasteiger partial charge in [-0.25, -0.2) is 0 Å². The second-order valence-corrected chi connectivity index (χ2v) is 5.15. The second-order valence-electron chi connectivity index (χ2n) is 5.15. The highest BCUT2D eigenvalue weighted by atomic mass is 16.5. The van der Waals surface area contributed by atoms with Crippen LogP contribution in [0.2, 0.25) is 0 Å². The van der Waals surface area contributed by atoms with E-state index in [1.807, 2.05) is 32.9 Å². The molecule has 0 saturated heterocycles. The van der Waals surface area contributed by atoms with Gasteiger partial charge in [-0.3, -0.25) is 0 Å². The Morgan fingerprint density at radius 2 is 1.72 bits per heavy atom. The molecule has 0 fully saturated rings. The van der Waals surface area contributed by atoms with Crippen LogP contribution in [0, 0.1) is 5.92 Å². The van der Waals surface area contributed by atoms with Gasteiger partial charge in [0.05, 0.1) is 6.10 Å². The number of aliphatic hydroxyl groups excluding tert-OH is 1. The Balaban J connectivity index is 2.50. The first kappa shape index (κ1) is 15.0. The van der Waals surface area contributed by atoms with Crippen LogP contribution in [-0.2, 0) is 0 Å². The smallest absolute Gasteiger partial charge is 0.119 e. The van der Waals surface area contributed by atoms with Crippen molar-refractivity contribution >= 4 is 0 Å². The Labute approximate surface area is 110 Å². The van der Waals surface area contributed by atoms with Crippen molar-refractivity contribution in [1.29, 1.82) is 0 Å². The molecule has 0 radical (unpaired) electrons. The van der Waals surface area contributed by atoms with Crippen LogP contribution < -0.4 is 10.1 Å². The first-order chi connectivity index (χ1) is 8.52. The number of benzene rings is 1. The van der Waals surface area contributed by atoms with Crippen molar-refractivity contribution in [2.75, 3.05) is 13.2 Å². The summed E-state index contributed by atoms with van der Waals surface area (Å²) in [6, 6.07) is 8.45. The van der Waals surface area contributed by atoms with E-state index in [1.165, 1.54) is 5.56 Å². The van der Waals surface area contributed by atoms with E-state index in [-0.39, 0.29) is 24.7 Å². The molecule has 2 atom stereocenters. The zero-order chi connectivity index (χ0) is 13.5. The van der Waals surface area contributed by atoms with Crippen LogP contribution in [0.3, 0.4) is 0 Å². The molecular weight excluding hydrogens is 226 g/mol. The highest BCUT2D eigenvalue weighted by Crippen LogP contribution is 2.18. The van der Waals surface area contributed by atoms with Crippen LogP contribution in [0.25, 0.3) is 0 Å². The minimum atomic E-state index is 0.205. The van der Waals surface area contributed by atoms with Crippen LogP contribution in [0.15, 0.2) is 24.3 Å². The maximum atomic E-state index is 8.98. The Morgan fingerprint density at radius 3 is 2.22 bits per heavy atom. The fourth-order valence-corrected chi connectivity index (χ4v) is 1.67. The lowest BCUT2D eigenvalue weighted by Gasteiger charge is -2.17. The molecule has 2 N–H and O–H groups in total. The molecule has 3 heteroatoms. The normalized spacial score (nSPS) is 14.6. The third-order valence-electron chi connectivity index (χ3n) is 2.84.